The van der Waals surface area contributed by atoms with Crippen LogP contribution in [-0.4, -0.2) is 9.97 Å². The first-order valence-corrected chi connectivity index (χ1v) is 10.4. The lowest BCUT2D eigenvalue weighted by Crippen LogP contribution is -1.83. The molecule has 2 nitrogen and oxygen atoms in total. The van der Waals surface area contributed by atoms with Crippen molar-refractivity contribution in [2.24, 2.45) is 0 Å². The minimum absolute atomic E-state index is 0.855. The van der Waals surface area contributed by atoms with Crippen LogP contribution in [0, 0.1) is 0 Å². The highest BCUT2D eigenvalue weighted by molar-refractivity contribution is 9.11. The molecule has 4 rings (SSSR count). The molecule has 1 heterocycles. The van der Waals surface area contributed by atoms with E-state index in [4.69, 9.17) is 4.98 Å². The number of H-pyrrole nitrogens is 1. The number of halogens is 3. The smallest absolute Gasteiger partial charge is 0.138 e. The number of nitrogens with one attached hydrogen (secondary N) is 1. The maximum atomic E-state index is 4.91. The summed E-state index contributed by atoms with van der Waals surface area (Å²) >= 11 is 10.5. The van der Waals surface area contributed by atoms with Gasteiger partial charge in [0.1, 0.15) is 5.82 Å². The topological polar surface area (TPSA) is 28.7 Å². The van der Waals surface area contributed by atoms with Gasteiger partial charge in [-0.3, -0.25) is 0 Å². The van der Waals surface area contributed by atoms with E-state index < -0.39 is 0 Å². The Kier molecular flexibility index (Phi) is 5.11. The first kappa shape index (κ1) is 17.7. The van der Waals surface area contributed by atoms with Crippen molar-refractivity contribution < 1.29 is 0 Å². The number of hydrogen-bond donors (Lipinski definition) is 1. The molecule has 0 amide bonds. The van der Waals surface area contributed by atoms with Crippen molar-refractivity contribution in [2.45, 2.75) is 0 Å². The van der Waals surface area contributed by atoms with Gasteiger partial charge in [-0.2, -0.15) is 0 Å². The van der Waals surface area contributed by atoms with Gasteiger partial charge in [-0.25, -0.2) is 4.98 Å². The summed E-state index contributed by atoms with van der Waals surface area (Å²) < 4.78 is 3.16. The number of imidazole rings is 1. The van der Waals surface area contributed by atoms with Crippen molar-refractivity contribution in [1.29, 1.82) is 0 Å². The van der Waals surface area contributed by atoms with Gasteiger partial charge in [-0.15, -0.1) is 0 Å². The molecule has 0 fully saturated rings. The van der Waals surface area contributed by atoms with Crippen molar-refractivity contribution in [3.8, 4) is 33.9 Å². The van der Waals surface area contributed by atoms with Gasteiger partial charge in [-0.1, -0.05) is 84.2 Å². The third-order valence-corrected chi connectivity index (χ3v) is 5.66. The lowest BCUT2D eigenvalue weighted by molar-refractivity contribution is 1.31. The number of aromatic amines is 1. The molecule has 3 aromatic carbocycles. The zero-order valence-corrected chi connectivity index (χ0v) is 18.3. The van der Waals surface area contributed by atoms with Crippen molar-refractivity contribution in [3.63, 3.8) is 0 Å². The fraction of sp³-hybridized carbons (Fsp3) is 0. The van der Waals surface area contributed by atoms with E-state index in [-0.39, 0.29) is 0 Å². The Bertz CT molecular complexity index is 971. The van der Waals surface area contributed by atoms with Gasteiger partial charge in [0.25, 0.3) is 0 Å². The number of hydrogen-bond acceptors (Lipinski definition) is 1. The molecule has 0 aliphatic heterocycles. The maximum Gasteiger partial charge on any atom is 0.138 e. The van der Waals surface area contributed by atoms with Crippen LogP contribution in [-0.2, 0) is 0 Å². The molecule has 1 N–H and O–H groups in total. The molecule has 4 aromatic rings. The quantitative estimate of drug-likeness (QED) is 0.288. The Morgan fingerprint density at radius 1 is 0.538 bits per heavy atom. The van der Waals surface area contributed by atoms with E-state index >= 15 is 0 Å². The summed E-state index contributed by atoms with van der Waals surface area (Å²) in [7, 11) is 0. The fourth-order valence-electron chi connectivity index (χ4n) is 2.76. The first-order chi connectivity index (χ1) is 12.6. The van der Waals surface area contributed by atoms with Crippen LogP contribution in [0.25, 0.3) is 33.9 Å². The van der Waals surface area contributed by atoms with Crippen LogP contribution in [0.3, 0.4) is 0 Å². The van der Waals surface area contributed by atoms with Gasteiger partial charge in [0.2, 0.25) is 0 Å². The lowest BCUT2D eigenvalue weighted by atomic mass is 10.1. The zero-order chi connectivity index (χ0) is 18.1. The highest BCUT2D eigenvalue weighted by Crippen LogP contribution is 2.34. The van der Waals surface area contributed by atoms with E-state index in [1.165, 1.54) is 0 Å². The number of rotatable bonds is 3. The zero-order valence-electron chi connectivity index (χ0n) is 13.5. The second-order valence-corrected chi connectivity index (χ2v) is 8.58. The van der Waals surface area contributed by atoms with Gasteiger partial charge < -0.3 is 4.98 Å². The highest BCUT2D eigenvalue weighted by Gasteiger charge is 2.15. The second kappa shape index (κ2) is 7.51. The highest BCUT2D eigenvalue weighted by atomic mass is 79.9. The number of benzene rings is 3. The van der Waals surface area contributed by atoms with E-state index in [1.807, 2.05) is 36.4 Å². The van der Waals surface area contributed by atoms with Crippen LogP contribution in [0.5, 0.6) is 0 Å². The largest absolute Gasteiger partial charge is 0.337 e. The molecule has 0 radical (unpaired) electrons. The van der Waals surface area contributed by atoms with Gasteiger partial charge in [0.15, 0.2) is 0 Å². The Hall–Kier alpha value is -1.69. The van der Waals surface area contributed by atoms with Crippen molar-refractivity contribution in [1.82, 2.24) is 9.97 Å². The summed E-state index contributed by atoms with van der Waals surface area (Å²) in [6, 6.07) is 24.6. The molecule has 5 heteroatoms. The summed E-state index contributed by atoms with van der Waals surface area (Å²) in [5.74, 6) is 0.855. The van der Waals surface area contributed by atoms with Crippen LogP contribution >= 0.6 is 47.8 Å². The van der Waals surface area contributed by atoms with Gasteiger partial charge >= 0.3 is 0 Å². The fourth-order valence-corrected chi connectivity index (χ4v) is 3.55. The SMILES string of the molecule is Brc1ccc(-c2nc(-c3ccc(Br)cc3)c(-c3ccc(Br)cc3)[nH]2)cc1. The molecule has 0 saturated carbocycles. The molecular weight excluding hydrogens is 520 g/mol. The van der Waals surface area contributed by atoms with Crippen LogP contribution in [0.4, 0.5) is 0 Å². The maximum absolute atomic E-state index is 4.91. The molecule has 128 valence electrons. The number of nitrogens with zero attached hydrogens (tertiary/aromatic N) is 1. The monoisotopic (exact) mass is 530 g/mol. The van der Waals surface area contributed by atoms with Crippen LogP contribution < -0.4 is 0 Å². The summed E-state index contributed by atoms with van der Waals surface area (Å²) in [6.07, 6.45) is 0. The van der Waals surface area contributed by atoms with E-state index in [9.17, 15) is 0 Å². The lowest BCUT2D eigenvalue weighted by Gasteiger charge is -2.04. The Labute approximate surface area is 177 Å². The van der Waals surface area contributed by atoms with Crippen LogP contribution in [0.1, 0.15) is 0 Å². The molecule has 1 aromatic heterocycles. The predicted molar refractivity (Wildman–Crippen MR) is 118 cm³/mol. The second-order valence-electron chi connectivity index (χ2n) is 5.83. The van der Waals surface area contributed by atoms with Crippen molar-refractivity contribution in [3.05, 3.63) is 86.2 Å². The van der Waals surface area contributed by atoms with Gasteiger partial charge in [0, 0.05) is 30.1 Å². The minimum Gasteiger partial charge on any atom is -0.337 e. The number of aromatic nitrogens is 2. The third-order valence-electron chi connectivity index (χ3n) is 4.07. The van der Waals surface area contributed by atoms with E-state index in [1.54, 1.807) is 0 Å². The van der Waals surface area contributed by atoms with E-state index in [0.29, 0.717) is 0 Å². The van der Waals surface area contributed by atoms with Crippen LogP contribution in [0.2, 0.25) is 0 Å². The van der Waals surface area contributed by atoms with E-state index in [0.717, 1.165) is 47.3 Å². The molecule has 0 aliphatic carbocycles. The molecule has 0 atom stereocenters. The molecule has 0 aliphatic rings. The summed E-state index contributed by atoms with van der Waals surface area (Å²) in [6.45, 7) is 0. The molecule has 26 heavy (non-hydrogen) atoms. The molecular formula is C21H13Br3N2. The molecule has 0 bridgehead atoms. The van der Waals surface area contributed by atoms with Crippen LogP contribution in [0.15, 0.2) is 86.2 Å². The normalized spacial score (nSPS) is 10.9. The predicted octanol–water partition coefficient (Wildman–Crippen LogP) is 7.70. The standard InChI is InChI=1S/C21H13Br3N2/c22-16-7-1-13(2-8-16)19-20(14-3-9-17(23)10-4-14)26-21(25-19)15-5-11-18(24)12-6-15/h1-12H,(H,25,26). The summed E-state index contributed by atoms with van der Waals surface area (Å²) in [5, 5.41) is 0. The summed E-state index contributed by atoms with van der Waals surface area (Å²) in [4.78, 5) is 8.42. The van der Waals surface area contributed by atoms with Crippen molar-refractivity contribution in [2.75, 3.05) is 0 Å². The minimum atomic E-state index is 0.855. The summed E-state index contributed by atoms with van der Waals surface area (Å²) in [5.41, 5.74) is 5.18. The van der Waals surface area contributed by atoms with Gasteiger partial charge in [-0.05, 0) is 36.4 Å². The molecule has 0 saturated heterocycles. The molecule has 0 unspecified atom stereocenters. The first-order valence-electron chi connectivity index (χ1n) is 7.98. The average Bonchev–Trinajstić information content (AvgIpc) is 3.09. The van der Waals surface area contributed by atoms with Gasteiger partial charge in [0.05, 0.1) is 11.4 Å². The average molecular weight is 533 g/mol. The molecule has 0 spiro atoms. The Morgan fingerprint density at radius 3 is 1.46 bits per heavy atom. The van der Waals surface area contributed by atoms with Crippen molar-refractivity contribution >= 4 is 47.8 Å². The van der Waals surface area contributed by atoms with E-state index in [2.05, 4.69) is 89.2 Å². The Balaban J connectivity index is 1.88. The Morgan fingerprint density at radius 2 is 0.962 bits per heavy atom. The third kappa shape index (κ3) is 3.70.